The average Bonchev–Trinajstić information content (AvgIpc) is 3.05. The number of carbonyl (C=O) groups is 3. The minimum Gasteiger partial charge on any atom is -0.343 e. The lowest BCUT2D eigenvalue weighted by Crippen LogP contribution is -2.56. The van der Waals surface area contributed by atoms with Gasteiger partial charge in [-0.1, -0.05) is 36.4 Å². The summed E-state index contributed by atoms with van der Waals surface area (Å²) in [4.78, 5) is 44.5. The number of amides is 3. The number of thiol groups is 1. The van der Waals surface area contributed by atoms with Crippen LogP contribution in [0.25, 0.3) is 10.9 Å². The molecule has 3 rings (SSSR count). The number of nitrogens with one attached hydrogen (secondary N) is 3. The van der Waals surface area contributed by atoms with Crippen LogP contribution in [0.3, 0.4) is 0 Å². The van der Waals surface area contributed by atoms with Crippen LogP contribution in [0.2, 0.25) is 0 Å². The highest BCUT2D eigenvalue weighted by molar-refractivity contribution is 7.80. The highest BCUT2D eigenvalue weighted by Crippen LogP contribution is 2.30. The molecule has 48 heavy (non-hydrogen) atoms. The number of pyridine rings is 1. The number of fused-ring (bicyclic) bond motifs is 1. The molecule has 3 amide bonds. The largest absolute Gasteiger partial charge is 0.416 e. The van der Waals surface area contributed by atoms with Gasteiger partial charge in [0.25, 0.3) is 0 Å². The van der Waals surface area contributed by atoms with Gasteiger partial charge in [-0.15, -0.1) is 0 Å². The molecule has 0 aliphatic carbocycles. The van der Waals surface area contributed by atoms with Crippen LogP contribution in [0.15, 0.2) is 60.8 Å². The van der Waals surface area contributed by atoms with Gasteiger partial charge < -0.3 is 37.6 Å². The molecule has 262 valence electrons. The summed E-state index contributed by atoms with van der Waals surface area (Å²) in [7, 11) is 2.01. The molecule has 0 fully saturated rings. The van der Waals surface area contributed by atoms with E-state index in [1.807, 2.05) is 31.3 Å². The zero-order chi connectivity index (χ0) is 35.3. The first-order valence-corrected chi connectivity index (χ1v) is 16.4. The van der Waals surface area contributed by atoms with Gasteiger partial charge in [0.1, 0.15) is 12.1 Å². The Balaban J connectivity index is 1.85. The SMILES string of the molecule is C[N+](CCN)(CCN)CCC[C@H](NC(=O)[C@H](N)CS)C(=O)N[C@H](CCc1cccc(C(F)(F)F)c1)C(=O)Nc1cnc2ccccc2c1. The number of alkyl halides is 3. The van der Waals surface area contributed by atoms with E-state index >= 15 is 0 Å². The van der Waals surface area contributed by atoms with Gasteiger partial charge in [0.15, 0.2) is 0 Å². The average molecular weight is 692 g/mol. The van der Waals surface area contributed by atoms with Crippen molar-refractivity contribution in [2.24, 2.45) is 17.2 Å². The Bertz CT molecular complexity index is 1520. The number of aromatic nitrogens is 1. The lowest BCUT2D eigenvalue weighted by Gasteiger charge is -2.34. The van der Waals surface area contributed by atoms with Gasteiger partial charge in [0.2, 0.25) is 17.7 Å². The second-order valence-electron chi connectivity index (χ2n) is 12.1. The molecule has 0 bridgehead atoms. The Morgan fingerprint density at radius 3 is 2.23 bits per heavy atom. The second-order valence-corrected chi connectivity index (χ2v) is 12.4. The third kappa shape index (κ3) is 11.7. The van der Waals surface area contributed by atoms with E-state index in [4.69, 9.17) is 17.2 Å². The number of para-hydroxylation sites is 1. The number of quaternary nitrogens is 1. The van der Waals surface area contributed by atoms with E-state index in [2.05, 4.69) is 33.6 Å². The maximum Gasteiger partial charge on any atom is 0.416 e. The first-order valence-electron chi connectivity index (χ1n) is 15.8. The molecule has 0 saturated carbocycles. The molecule has 3 atom stereocenters. The monoisotopic (exact) mass is 691 g/mol. The molecule has 3 aromatic rings. The van der Waals surface area contributed by atoms with E-state index in [1.54, 1.807) is 6.07 Å². The quantitative estimate of drug-likeness (QED) is 0.0790. The molecule has 15 heteroatoms. The Labute approximate surface area is 284 Å². The first-order chi connectivity index (χ1) is 22.8. The smallest absolute Gasteiger partial charge is 0.343 e. The van der Waals surface area contributed by atoms with Crippen molar-refractivity contribution in [1.29, 1.82) is 0 Å². The first kappa shape index (κ1) is 38.7. The van der Waals surface area contributed by atoms with E-state index in [0.29, 0.717) is 54.9 Å². The van der Waals surface area contributed by atoms with Gasteiger partial charge >= 0.3 is 6.18 Å². The third-order valence-corrected chi connectivity index (χ3v) is 8.56. The van der Waals surface area contributed by atoms with Gasteiger partial charge in [-0.25, -0.2) is 0 Å². The van der Waals surface area contributed by atoms with E-state index in [0.717, 1.165) is 23.0 Å². The Kier molecular flexibility index (Phi) is 14.6. The van der Waals surface area contributed by atoms with Crippen molar-refractivity contribution in [1.82, 2.24) is 15.6 Å². The summed E-state index contributed by atoms with van der Waals surface area (Å²) in [6.45, 7) is 2.87. The Morgan fingerprint density at radius 2 is 1.56 bits per heavy atom. The van der Waals surface area contributed by atoms with Crippen molar-refractivity contribution < 1.29 is 32.0 Å². The molecule has 0 radical (unpaired) electrons. The standard InChI is InChI=1S/C33H45F3N8O3S/c1-44(16-13-37,17-14-38)15-5-10-28(42-30(45)26(39)21-48)32(47)43-29(12-11-22-6-4-8-24(18-22)33(34,35)36)31(46)41-25-19-23-7-2-3-9-27(23)40-20-25/h2-4,6-9,18-20,26,28-29H,5,10-17,21,37-39H2,1H3,(H3-,41,42,43,45,46,47,48)/p+1/t26-,28+,29-/m1/s1. The number of halogens is 3. The second kappa shape index (κ2) is 18.1. The summed E-state index contributed by atoms with van der Waals surface area (Å²) in [6, 6.07) is 10.6. The number of aryl methyl sites for hydroxylation is 1. The maximum absolute atomic E-state index is 13.8. The van der Waals surface area contributed by atoms with Crippen LogP contribution in [0.5, 0.6) is 0 Å². The molecular weight excluding hydrogens is 645 g/mol. The Morgan fingerprint density at radius 1 is 0.896 bits per heavy atom. The molecule has 0 unspecified atom stereocenters. The van der Waals surface area contributed by atoms with Crippen molar-refractivity contribution in [2.45, 2.75) is 50.0 Å². The van der Waals surface area contributed by atoms with Crippen LogP contribution in [0, 0.1) is 0 Å². The zero-order valence-corrected chi connectivity index (χ0v) is 27.9. The van der Waals surface area contributed by atoms with Crippen molar-refractivity contribution in [3.63, 3.8) is 0 Å². The van der Waals surface area contributed by atoms with Crippen LogP contribution in [0.4, 0.5) is 18.9 Å². The van der Waals surface area contributed by atoms with Crippen molar-refractivity contribution in [2.75, 3.05) is 50.8 Å². The fourth-order valence-corrected chi connectivity index (χ4v) is 5.56. The van der Waals surface area contributed by atoms with Gasteiger partial charge in [-0.05, 0) is 49.4 Å². The molecular formula is C33H46F3N8O3S+. The maximum atomic E-state index is 13.8. The molecule has 1 heterocycles. The minimum absolute atomic E-state index is 0.0291. The number of nitrogens with zero attached hydrogens (tertiary/aromatic N) is 2. The number of rotatable bonds is 18. The van der Waals surface area contributed by atoms with E-state index in [1.165, 1.54) is 18.3 Å². The van der Waals surface area contributed by atoms with Crippen molar-refractivity contribution in [3.8, 4) is 0 Å². The molecule has 11 nitrogen and oxygen atoms in total. The highest BCUT2D eigenvalue weighted by Gasteiger charge is 2.32. The lowest BCUT2D eigenvalue weighted by atomic mass is 10.0. The van der Waals surface area contributed by atoms with Crippen molar-refractivity contribution >= 4 is 46.9 Å². The summed E-state index contributed by atoms with van der Waals surface area (Å²) >= 11 is 4.08. The van der Waals surface area contributed by atoms with Gasteiger partial charge in [-0.3, -0.25) is 19.4 Å². The summed E-state index contributed by atoms with van der Waals surface area (Å²) in [5, 5.41) is 8.96. The fraction of sp³-hybridized carbons (Fsp3) is 0.455. The normalized spacial score (nSPS) is 13.8. The number of likely N-dealkylation sites (N-methyl/N-ethyl adjacent to an activating group) is 1. The number of benzene rings is 2. The summed E-state index contributed by atoms with van der Waals surface area (Å²) in [6.07, 6.45) is -2.31. The number of hydrogen-bond donors (Lipinski definition) is 7. The Hall–Kier alpha value is -3.76. The summed E-state index contributed by atoms with van der Waals surface area (Å²) < 4.78 is 40.7. The van der Waals surface area contributed by atoms with Crippen LogP contribution in [-0.2, 0) is 27.0 Å². The van der Waals surface area contributed by atoms with E-state index in [-0.39, 0.29) is 25.0 Å². The minimum atomic E-state index is -4.54. The predicted octanol–water partition coefficient (Wildman–Crippen LogP) is 2.20. The molecule has 9 N–H and O–H groups in total. The van der Waals surface area contributed by atoms with Crippen LogP contribution < -0.4 is 33.2 Å². The topological polar surface area (TPSA) is 178 Å². The number of carbonyl (C=O) groups excluding carboxylic acids is 3. The van der Waals surface area contributed by atoms with Gasteiger partial charge in [0, 0.05) is 24.2 Å². The van der Waals surface area contributed by atoms with Crippen LogP contribution in [0.1, 0.15) is 30.4 Å². The number of anilines is 1. The highest BCUT2D eigenvalue weighted by atomic mass is 32.1. The summed E-state index contributed by atoms with van der Waals surface area (Å²) in [5.74, 6) is -1.77. The van der Waals surface area contributed by atoms with E-state index in [9.17, 15) is 27.6 Å². The summed E-state index contributed by atoms with van der Waals surface area (Å²) in [5.41, 5.74) is 18.1. The molecule has 0 spiro atoms. The van der Waals surface area contributed by atoms with Gasteiger partial charge in [0.05, 0.1) is 55.7 Å². The molecule has 2 aromatic carbocycles. The number of nitrogens with two attached hydrogens (primary N) is 3. The molecule has 0 saturated heterocycles. The van der Waals surface area contributed by atoms with Crippen molar-refractivity contribution in [3.05, 3.63) is 71.9 Å². The van der Waals surface area contributed by atoms with Crippen LogP contribution >= 0.6 is 12.6 Å². The number of hydrogen-bond acceptors (Lipinski definition) is 8. The molecule has 1 aromatic heterocycles. The lowest BCUT2D eigenvalue weighted by molar-refractivity contribution is -0.907. The molecule has 0 aliphatic heterocycles. The van der Waals surface area contributed by atoms with Gasteiger partial charge in [-0.2, -0.15) is 25.8 Å². The predicted molar refractivity (Wildman–Crippen MR) is 184 cm³/mol. The van der Waals surface area contributed by atoms with Crippen LogP contribution in [-0.4, -0.2) is 90.8 Å². The third-order valence-electron chi connectivity index (χ3n) is 8.16. The van der Waals surface area contributed by atoms with E-state index < -0.39 is 47.6 Å². The fourth-order valence-electron chi connectivity index (χ4n) is 5.39. The molecule has 0 aliphatic rings. The zero-order valence-electron chi connectivity index (χ0n) is 27.0.